The number of fused-ring (bicyclic) bond motifs is 1. The highest BCUT2D eigenvalue weighted by atomic mass is 16.2. The Kier molecular flexibility index (Phi) is 5.02. The van der Waals surface area contributed by atoms with Crippen molar-refractivity contribution >= 4 is 16.8 Å². The number of rotatable bonds is 5. The lowest BCUT2D eigenvalue weighted by atomic mass is 10.2. The predicted octanol–water partition coefficient (Wildman–Crippen LogP) is 3.38. The highest BCUT2D eigenvalue weighted by Crippen LogP contribution is 2.16. The molecule has 1 fully saturated rings. The first-order chi connectivity index (χ1) is 12.8. The Bertz CT molecular complexity index is 863. The first-order valence-corrected chi connectivity index (χ1v) is 9.37. The van der Waals surface area contributed by atoms with E-state index in [1.165, 1.54) is 16.5 Å². The Hall–Kier alpha value is -2.59. The molecular formula is C22H25N3O. The van der Waals surface area contributed by atoms with Crippen LogP contribution in [0.5, 0.6) is 0 Å². The van der Waals surface area contributed by atoms with Crippen LogP contribution in [0, 0.1) is 0 Å². The molecule has 0 atom stereocenters. The number of hydrogen-bond donors (Lipinski definition) is 0. The molecule has 0 unspecified atom stereocenters. The third-order valence-electron chi connectivity index (χ3n) is 5.22. The molecule has 1 aliphatic rings. The van der Waals surface area contributed by atoms with Crippen molar-refractivity contribution in [2.24, 2.45) is 0 Å². The van der Waals surface area contributed by atoms with Gasteiger partial charge in [0.1, 0.15) is 0 Å². The number of aryl methyl sites for hydroxylation is 1. The van der Waals surface area contributed by atoms with E-state index in [9.17, 15) is 4.79 Å². The van der Waals surface area contributed by atoms with E-state index in [1.807, 2.05) is 23.1 Å². The molecule has 1 aromatic heterocycles. The largest absolute Gasteiger partial charge is 0.347 e. The number of carbonyl (C=O) groups is 1. The summed E-state index contributed by atoms with van der Waals surface area (Å²) in [5.74, 6) is 0.266. The van der Waals surface area contributed by atoms with E-state index >= 15 is 0 Å². The van der Waals surface area contributed by atoms with E-state index in [-0.39, 0.29) is 5.91 Å². The Balaban J connectivity index is 1.27. The molecule has 1 amide bonds. The molecule has 2 aromatic carbocycles. The molecule has 134 valence electrons. The first kappa shape index (κ1) is 16.9. The van der Waals surface area contributed by atoms with Crippen LogP contribution >= 0.6 is 0 Å². The second-order valence-corrected chi connectivity index (χ2v) is 6.96. The van der Waals surface area contributed by atoms with Crippen LogP contribution in [0.1, 0.15) is 12.0 Å². The standard InChI is InChI=1S/C22H25N3O/c26-22(11-13-24-12-10-20-8-4-5-9-21(20)24)25-16-14-23(15-17-25)18-19-6-2-1-3-7-19/h1-10,12H,11,13-18H2. The van der Waals surface area contributed by atoms with Crippen molar-refractivity contribution in [2.45, 2.75) is 19.5 Å². The monoisotopic (exact) mass is 347 g/mol. The first-order valence-electron chi connectivity index (χ1n) is 9.37. The van der Waals surface area contributed by atoms with E-state index < -0.39 is 0 Å². The smallest absolute Gasteiger partial charge is 0.224 e. The van der Waals surface area contributed by atoms with E-state index in [0.29, 0.717) is 6.42 Å². The van der Waals surface area contributed by atoms with Gasteiger partial charge >= 0.3 is 0 Å². The summed E-state index contributed by atoms with van der Waals surface area (Å²) in [7, 11) is 0. The molecule has 0 saturated carbocycles. The minimum atomic E-state index is 0.266. The molecule has 4 heteroatoms. The fourth-order valence-electron chi connectivity index (χ4n) is 3.71. The minimum absolute atomic E-state index is 0.266. The van der Waals surface area contributed by atoms with Crippen LogP contribution in [0.4, 0.5) is 0 Å². The molecule has 0 bridgehead atoms. The molecule has 0 radical (unpaired) electrons. The number of carbonyl (C=O) groups excluding carboxylic acids is 1. The van der Waals surface area contributed by atoms with Crippen LogP contribution < -0.4 is 0 Å². The molecule has 3 aromatic rings. The molecule has 1 aliphatic heterocycles. The normalized spacial score (nSPS) is 15.5. The van der Waals surface area contributed by atoms with Gasteiger partial charge in [0.15, 0.2) is 0 Å². The minimum Gasteiger partial charge on any atom is -0.347 e. The van der Waals surface area contributed by atoms with Gasteiger partial charge in [0.2, 0.25) is 5.91 Å². The van der Waals surface area contributed by atoms with Gasteiger partial charge in [-0.25, -0.2) is 0 Å². The molecule has 4 rings (SSSR count). The van der Waals surface area contributed by atoms with E-state index in [0.717, 1.165) is 39.3 Å². The Morgan fingerprint density at radius 1 is 0.846 bits per heavy atom. The lowest BCUT2D eigenvalue weighted by molar-refractivity contribution is -0.133. The van der Waals surface area contributed by atoms with Crippen LogP contribution in [0.2, 0.25) is 0 Å². The number of benzene rings is 2. The van der Waals surface area contributed by atoms with E-state index in [2.05, 4.69) is 58.1 Å². The van der Waals surface area contributed by atoms with Gasteiger partial charge in [-0.05, 0) is 23.1 Å². The summed E-state index contributed by atoms with van der Waals surface area (Å²) >= 11 is 0. The predicted molar refractivity (Wildman–Crippen MR) is 105 cm³/mol. The summed E-state index contributed by atoms with van der Waals surface area (Å²) in [6, 6.07) is 21.0. The fourth-order valence-corrected chi connectivity index (χ4v) is 3.71. The van der Waals surface area contributed by atoms with Gasteiger partial charge in [0.05, 0.1) is 0 Å². The van der Waals surface area contributed by atoms with E-state index in [4.69, 9.17) is 0 Å². The van der Waals surface area contributed by atoms with Gasteiger partial charge in [-0.1, -0.05) is 48.5 Å². The summed E-state index contributed by atoms with van der Waals surface area (Å²) in [5.41, 5.74) is 2.54. The lowest BCUT2D eigenvalue weighted by Gasteiger charge is -2.34. The summed E-state index contributed by atoms with van der Waals surface area (Å²) < 4.78 is 2.18. The van der Waals surface area contributed by atoms with Crippen molar-refractivity contribution in [3.63, 3.8) is 0 Å². The number of hydrogen-bond acceptors (Lipinski definition) is 2. The molecule has 4 nitrogen and oxygen atoms in total. The quantitative estimate of drug-likeness (QED) is 0.708. The number of piperazine rings is 1. The maximum Gasteiger partial charge on any atom is 0.224 e. The van der Waals surface area contributed by atoms with Gasteiger partial charge in [-0.2, -0.15) is 0 Å². The van der Waals surface area contributed by atoms with Crippen molar-refractivity contribution in [1.29, 1.82) is 0 Å². The molecule has 0 N–H and O–H groups in total. The molecule has 26 heavy (non-hydrogen) atoms. The summed E-state index contributed by atoms with van der Waals surface area (Å²) in [6.45, 7) is 5.28. The highest BCUT2D eigenvalue weighted by Gasteiger charge is 2.20. The number of nitrogens with zero attached hydrogens (tertiary/aromatic N) is 3. The third-order valence-corrected chi connectivity index (χ3v) is 5.22. The maximum absolute atomic E-state index is 12.6. The highest BCUT2D eigenvalue weighted by molar-refractivity contribution is 5.80. The average molecular weight is 347 g/mol. The van der Waals surface area contributed by atoms with Crippen molar-refractivity contribution in [1.82, 2.24) is 14.4 Å². The van der Waals surface area contributed by atoms with Crippen LogP contribution in [0.3, 0.4) is 0 Å². The SMILES string of the molecule is O=C(CCn1ccc2ccccc21)N1CCN(Cc2ccccc2)CC1. The van der Waals surface area contributed by atoms with E-state index in [1.54, 1.807) is 0 Å². The number of aromatic nitrogens is 1. The van der Waals surface area contributed by atoms with Crippen LogP contribution in [-0.4, -0.2) is 46.5 Å². The third kappa shape index (κ3) is 3.81. The fraction of sp³-hybridized carbons (Fsp3) is 0.318. The van der Waals surface area contributed by atoms with Gasteiger partial charge < -0.3 is 9.47 Å². The number of amides is 1. The maximum atomic E-state index is 12.6. The van der Waals surface area contributed by atoms with Crippen LogP contribution in [-0.2, 0) is 17.9 Å². The molecule has 0 aliphatic carbocycles. The van der Waals surface area contributed by atoms with Gasteiger partial charge in [0, 0.05) is 57.4 Å². The van der Waals surface area contributed by atoms with Gasteiger partial charge in [-0.3, -0.25) is 9.69 Å². The van der Waals surface area contributed by atoms with Gasteiger partial charge in [-0.15, -0.1) is 0 Å². The molecule has 2 heterocycles. The second kappa shape index (κ2) is 7.75. The Labute approximate surface area is 154 Å². The zero-order valence-electron chi connectivity index (χ0n) is 15.1. The van der Waals surface area contributed by atoms with Crippen molar-refractivity contribution in [3.05, 3.63) is 72.4 Å². The number of para-hydroxylation sites is 1. The van der Waals surface area contributed by atoms with Gasteiger partial charge in [0.25, 0.3) is 0 Å². The van der Waals surface area contributed by atoms with Crippen LogP contribution in [0.25, 0.3) is 10.9 Å². The lowest BCUT2D eigenvalue weighted by Crippen LogP contribution is -2.48. The summed E-state index contributed by atoms with van der Waals surface area (Å²) in [4.78, 5) is 17.0. The Morgan fingerprint density at radius 2 is 1.58 bits per heavy atom. The van der Waals surface area contributed by atoms with Crippen molar-refractivity contribution < 1.29 is 4.79 Å². The molecular weight excluding hydrogens is 322 g/mol. The topological polar surface area (TPSA) is 28.5 Å². The summed E-state index contributed by atoms with van der Waals surface area (Å²) in [6.07, 6.45) is 2.65. The second-order valence-electron chi connectivity index (χ2n) is 6.96. The zero-order chi connectivity index (χ0) is 17.8. The zero-order valence-corrected chi connectivity index (χ0v) is 15.1. The van der Waals surface area contributed by atoms with Crippen LogP contribution in [0.15, 0.2) is 66.9 Å². The van der Waals surface area contributed by atoms with Crippen molar-refractivity contribution in [3.8, 4) is 0 Å². The molecule has 0 spiro atoms. The Morgan fingerprint density at radius 3 is 2.38 bits per heavy atom. The summed E-state index contributed by atoms with van der Waals surface area (Å²) in [5, 5.41) is 1.23. The van der Waals surface area contributed by atoms with Crippen molar-refractivity contribution in [2.75, 3.05) is 26.2 Å². The average Bonchev–Trinajstić information content (AvgIpc) is 3.11. The molecule has 1 saturated heterocycles.